The zero-order valence-corrected chi connectivity index (χ0v) is 20.2. The monoisotopic (exact) mass is 492 g/mol. The van der Waals surface area contributed by atoms with Gasteiger partial charge >= 0.3 is 5.97 Å². The SMILES string of the molecule is COC(=O)[C@@H](Cc1cccc(OCc2ccccc2)c1)NC(=O)[C@@H](Cc1cccc(F)c1)NC(C)=O. The molecule has 36 heavy (non-hydrogen) atoms. The lowest BCUT2D eigenvalue weighted by atomic mass is 10.0. The Bertz CT molecular complexity index is 1190. The number of methoxy groups -OCH3 is 1. The predicted octanol–water partition coefficient (Wildman–Crippen LogP) is 3.35. The summed E-state index contributed by atoms with van der Waals surface area (Å²) in [6.45, 7) is 1.67. The van der Waals surface area contributed by atoms with Crippen LogP contribution >= 0.6 is 0 Å². The van der Waals surface area contributed by atoms with E-state index >= 15 is 0 Å². The van der Waals surface area contributed by atoms with E-state index in [-0.39, 0.29) is 12.8 Å². The fourth-order valence-corrected chi connectivity index (χ4v) is 3.70. The number of esters is 1. The summed E-state index contributed by atoms with van der Waals surface area (Å²) in [7, 11) is 1.24. The zero-order valence-electron chi connectivity index (χ0n) is 20.2. The van der Waals surface area contributed by atoms with E-state index in [1.54, 1.807) is 18.2 Å². The van der Waals surface area contributed by atoms with Gasteiger partial charge in [0.1, 0.15) is 30.3 Å². The lowest BCUT2D eigenvalue weighted by Gasteiger charge is -2.22. The standard InChI is InChI=1S/C28H29FN2O5/c1-19(32)30-25(16-21-10-6-12-23(29)14-21)27(33)31-26(28(34)35-2)17-22-11-7-13-24(15-22)36-18-20-8-4-3-5-9-20/h3-15,25-26H,16-18H2,1-2H3,(H,30,32)(H,31,33)/t25-,26-/m1/s1. The minimum atomic E-state index is -1.00. The lowest BCUT2D eigenvalue weighted by molar-refractivity contribution is -0.145. The molecule has 0 aliphatic carbocycles. The van der Waals surface area contributed by atoms with Gasteiger partial charge in [0.15, 0.2) is 0 Å². The average Bonchev–Trinajstić information content (AvgIpc) is 2.87. The first kappa shape index (κ1) is 26.4. The van der Waals surface area contributed by atoms with Gasteiger partial charge in [-0.25, -0.2) is 9.18 Å². The molecule has 7 nitrogen and oxygen atoms in total. The van der Waals surface area contributed by atoms with Gasteiger partial charge in [-0.15, -0.1) is 0 Å². The van der Waals surface area contributed by atoms with E-state index in [0.717, 1.165) is 11.1 Å². The highest BCUT2D eigenvalue weighted by Crippen LogP contribution is 2.17. The maximum atomic E-state index is 13.6. The number of carbonyl (C=O) groups excluding carboxylic acids is 3. The number of nitrogens with one attached hydrogen (secondary N) is 2. The molecule has 0 saturated carbocycles. The Labute approximate surface area is 209 Å². The van der Waals surface area contributed by atoms with Gasteiger partial charge in [-0.05, 0) is 41.0 Å². The minimum absolute atomic E-state index is 0.0554. The van der Waals surface area contributed by atoms with E-state index < -0.39 is 35.7 Å². The molecule has 0 aliphatic heterocycles. The van der Waals surface area contributed by atoms with Gasteiger partial charge in [0.25, 0.3) is 0 Å². The summed E-state index contributed by atoms with van der Waals surface area (Å²) in [5, 5.41) is 5.24. The highest BCUT2D eigenvalue weighted by atomic mass is 19.1. The van der Waals surface area contributed by atoms with Gasteiger partial charge < -0.3 is 20.1 Å². The molecule has 2 N–H and O–H groups in total. The summed E-state index contributed by atoms with van der Waals surface area (Å²) in [6.07, 6.45) is 0.202. The molecule has 0 unspecified atom stereocenters. The highest BCUT2D eigenvalue weighted by Gasteiger charge is 2.27. The number of hydrogen-bond acceptors (Lipinski definition) is 5. The molecular formula is C28H29FN2O5. The smallest absolute Gasteiger partial charge is 0.328 e. The second-order valence-corrected chi connectivity index (χ2v) is 8.30. The number of benzene rings is 3. The molecular weight excluding hydrogens is 463 g/mol. The fraction of sp³-hybridized carbons (Fsp3) is 0.250. The zero-order chi connectivity index (χ0) is 25.9. The van der Waals surface area contributed by atoms with Crippen molar-refractivity contribution in [3.63, 3.8) is 0 Å². The first-order valence-electron chi connectivity index (χ1n) is 11.5. The molecule has 3 aromatic carbocycles. The molecule has 0 aromatic heterocycles. The summed E-state index contributed by atoms with van der Waals surface area (Å²) in [4.78, 5) is 37.3. The number of halogens is 1. The van der Waals surface area contributed by atoms with Crippen molar-refractivity contribution in [3.8, 4) is 5.75 Å². The number of amides is 2. The van der Waals surface area contributed by atoms with Crippen LogP contribution in [0.2, 0.25) is 0 Å². The maximum Gasteiger partial charge on any atom is 0.328 e. The second-order valence-electron chi connectivity index (χ2n) is 8.30. The fourth-order valence-electron chi connectivity index (χ4n) is 3.70. The molecule has 0 aliphatic rings. The molecule has 0 fully saturated rings. The molecule has 8 heteroatoms. The van der Waals surface area contributed by atoms with Crippen LogP contribution in [-0.2, 0) is 38.6 Å². The average molecular weight is 493 g/mol. The molecule has 0 bridgehead atoms. The van der Waals surface area contributed by atoms with Crippen LogP contribution in [0.3, 0.4) is 0 Å². The molecule has 188 valence electrons. The second kappa shape index (κ2) is 13.0. The number of ether oxygens (including phenoxy) is 2. The van der Waals surface area contributed by atoms with E-state index in [2.05, 4.69) is 10.6 Å². The molecule has 3 aromatic rings. The molecule has 0 spiro atoms. The third-order valence-corrected chi connectivity index (χ3v) is 5.41. The Morgan fingerprint density at radius 1 is 0.806 bits per heavy atom. The van der Waals surface area contributed by atoms with Crippen molar-refractivity contribution in [2.24, 2.45) is 0 Å². The van der Waals surface area contributed by atoms with Crippen molar-refractivity contribution in [2.75, 3.05) is 7.11 Å². The van der Waals surface area contributed by atoms with Crippen molar-refractivity contribution in [1.29, 1.82) is 0 Å². The third-order valence-electron chi connectivity index (χ3n) is 5.41. The molecule has 0 heterocycles. The van der Waals surface area contributed by atoms with Gasteiger partial charge in [-0.3, -0.25) is 9.59 Å². The maximum absolute atomic E-state index is 13.6. The molecule has 2 atom stereocenters. The molecule has 0 radical (unpaired) electrons. The minimum Gasteiger partial charge on any atom is -0.489 e. The third kappa shape index (κ3) is 8.23. The Balaban J connectivity index is 1.70. The molecule has 0 saturated heterocycles. The predicted molar refractivity (Wildman–Crippen MR) is 133 cm³/mol. The first-order valence-corrected chi connectivity index (χ1v) is 11.5. The van der Waals surface area contributed by atoms with Crippen molar-refractivity contribution in [1.82, 2.24) is 10.6 Å². The molecule has 3 rings (SSSR count). The van der Waals surface area contributed by atoms with Crippen LogP contribution in [0.4, 0.5) is 4.39 Å². The van der Waals surface area contributed by atoms with E-state index in [0.29, 0.717) is 17.9 Å². The summed E-state index contributed by atoms with van der Waals surface area (Å²) in [5.41, 5.74) is 2.30. The van der Waals surface area contributed by atoms with Crippen molar-refractivity contribution >= 4 is 17.8 Å². The van der Waals surface area contributed by atoms with Gasteiger partial charge in [0, 0.05) is 19.8 Å². The van der Waals surface area contributed by atoms with E-state index in [1.807, 2.05) is 42.5 Å². The van der Waals surface area contributed by atoms with E-state index in [1.165, 1.54) is 32.2 Å². The molecule has 2 amide bonds. The summed E-state index contributed by atoms with van der Waals surface area (Å²) in [5.74, 6) is -1.47. The lowest BCUT2D eigenvalue weighted by Crippen LogP contribution is -2.53. The van der Waals surface area contributed by atoms with E-state index in [9.17, 15) is 18.8 Å². The van der Waals surface area contributed by atoms with Gasteiger partial charge in [-0.1, -0.05) is 54.6 Å². The normalized spacial score (nSPS) is 12.2. The van der Waals surface area contributed by atoms with Crippen LogP contribution in [0.15, 0.2) is 78.9 Å². The first-order chi connectivity index (χ1) is 17.3. The van der Waals surface area contributed by atoms with Crippen LogP contribution in [0.1, 0.15) is 23.6 Å². The van der Waals surface area contributed by atoms with E-state index in [4.69, 9.17) is 9.47 Å². The van der Waals surface area contributed by atoms with Gasteiger partial charge in [0.05, 0.1) is 7.11 Å². The largest absolute Gasteiger partial charge is 0.489 e. The Hall–Kier alpha value is -4.20. The van der Waals surface area contributed by atoms with Crippen LogP contribution in [-0.4, -0.2) is 37.0 Å². The van der Waals surface area contributed by atoms with Crippen molar-refractivity contribution in [3.05, 3.63) is 101 Å². The van der Waals surface area contributed by atoms with Crippen LogP contribution in [0.25, 0.3) is 0 Å². The topological polar surface area (TPSA) is 93.7 Å². The Kier molecular flexibility index (Phi) is 9.56. The van der Waals surface area contributed by atoms with Crippen LogP contribution < -0.4 is 15.4 Å². The summed E-state index contributed by atoms with van der Waals surface area (Å²) >= 11 is 0. The summed E-state index contributed by atoms with van der Waals surface area (Å²) < 4.78 is 24.4. The Morgan fingerprint density at radius 3 is 2.11 bits per heavy atom. The van der Waals surface area contributed by atoms with Crippen LogP contribution in [0, 0.1) is 5.82 Å². The van der Waals surface area contributed by atoms with Crippen LogP contribution in [0.5, 0.6) is 5.75 Å². The number of carbonyl (C=O) groups is 3. The highest BCUT2D eigenvalue weighted by molar-refractivity contribution is 5.90. The van der Waals surface area contributed by atoms with Crippen molar-refractivity contribution in [2.45, 2.75) is 38.5 Å². The van der Waals surface area contributed by atoms with Crippen molar-refractivity contribution < 1.29 is 28.2 Å². The Morgan fingerprint density at radius 2 is 1.44 bits per heavy atom. The van der Waals surface area contributed by atoms with Gasteiger partial charge in [-0.2, -0.15) is 0 Å². The van der Waals surface area contributed by atoms with Gasteiger partial charge in [0.2, 0.25) is 11.8 Å². The number of rotatable bonds is 11. The number of hydrogen-bond donors (Lipinski definition) is 2. The quantitative estimate of drug-likeness (QED) is 0.401. The summed E-state index contributed by atoms with van der Waals surface area (Å²) in [6, 6.07) is 20.7.